The Bertz CT molecular complexity index is 410. The summed E-state index contributed by atoms with van der Waals surface area (Å²) in [6.45, 7) is 8.92. The summed E-state index contributed by atoms with van der Waals surface area (Å²) in [5, 5.41) is 7.28. The Hall–Kier alpha value is -1.62. The number of carbonyl (C=O) groups is 1. The Morgan fingerprint density at radius 2 is 2.35 bits per heavy atom. The van der Waals surface area contributed by atoms with E-state index in [2.05, 4.69) is 17.0 Å². The van der Waals surface area contributed by atoms with E-state index in [9.17, 15) is 4.79 Å². The summed E-state index contributed by atoms with van der Waals surface area (Å²) in [6.07, 6.45) is 1.81. The molecule has 0 saturated heterocycles. The zero-order valence-corrected chi connectivity index (χ0v) is 10.6. The highest BCUT2D eigenvalue weighted by Crippen LogP contribution is 2.04. The average molecular weight is 237 g/mol. The number of hydrogen-bond acceptors (Lipinski definition) is 4. The number of nitrogens with one attached hydrogen (secondary N) is 1. The summed E-state index contributed by atoms with van der Waals surface area (Å²) in [5.41, 5.74) is 2.66. The normalized spacial score (nSPS) is 10.3. The van der Waals surface area contributed by atoms with Gasteiger partial charge in [0.1, 0.15) is 0 Å². The Morgan fingerprint density at radius 1 is 1.65 bits per heavy atom. The summed E-state index contributed by atoms with van der Waals surface area (Å²) < 4.78 is 6.66. The van der Waals surface area contributed by atoms with Crippen LogP contribution in [0, 0.1) is 6.92 Å². The molecule has 0 spiro atoms. The first-order valence-electron chi connectivity index (χ1n) is 5.59. The number of rotatable bonds is 6. The molecular weight excluding hydrogens is 218 g/mol. The van der Waals surface area contributed by atoms with Gasteiger partial charge in [-0.2, -0.15) is 5.10 Å². The van der Waals surface area contributed by atoms with Crippen LogP contribution in [0.3, 0.4) is 0 Å². The standard InChI is InChI=1S/C12H19N3O2/c1-5-17-12(16)9(2)6-13-7-11-8-14-15(4)10(11)3/h8,13H,2,5-7H2,1,3-4H3. The van der Waals surface area contributed by atoms with E-state index in [1.165, 1.54) is 0 Å². The lowest BCUT2D eigenvalue weighted by atomic mass is 10.2. The van der Waals surface area contributed by atoms with Gasteiger partial charge in [-0.05, 0) is 13.8 Å². The van der Waals surface area contributed by atoms with Crippen LogP contribution in [-0.2, 0) is 23.1 Å². The van der Waals surface area contributed by atoms with E-state index >= 15 is 0 Å². The lowest BCUT2D eigenvalue weighted by molar-refractivity contribution is -0.138. The molecule has 0 radical (unpaired) electrons. The molecule has 1 aromatic rings. The fourth-order valence-electron chi connectivity index (χ4n) is 1.37. The smallest absolute Gasteiger partial charge is 0.334 e. The van der Waals surface area contributed by atoms with Crippen molar-refractivity contribution in [2.24, 2.45) is 7.05 Å². The molecule has 94 valence electrons. The van der Waals surface area contributed by atoms with Gasteiger partial charge >= 0.3 is 5.97 Å². The molecule has 0 aliphatic rings. The molecule has 0 saturated carbocycles. The third-order valence-corrected chi connectivity index (χ3v) is 2.55. The second-order valence-corrected chi connectivity index (χ2v) is 3.81. The second kappa shape index (κ2) is 6.20. The van der Waals surface area contributed by atoms with Gasteiger partial charge in [-0.15, -0.1) is 0 Å². The maximum atomic E-state index is 11.3. The summed E-state index contributed by atoms with van der Waals surface area (Å²) >= 11 is 0. The number of esters is 1. The molecule has 0 aliphatic carbocycles. The first-order chi connectivity index (χ1) is 8.06. The zero-order valence-electron chi connectivity index (χ0n) is 10.6. The fourth-order valence-corrected chi connectivity index (χ4v) is 1.37. The van der Waals surface area contributed by atoms with Crippen LogP contribution in [0.4, 0.5) is 0 Å². The molecule has 0 aliphatic heterocycles. The molecule has 0 amide bonds. The summed E-state index contributed by atoms with van der Waals surface area (Å²) in [7, 11) is 1.90. The molecule has 1 N–H and O–H groups in total. The van der Waals surface area contributed by atoms with Crippen molar-refractivity contribution in [3.63, 3.8) is 0 Å². The minimum Gasteiger partial charge on any atom is -0.463 e. The van der Waals surface area contributed by atoms with Crippen LogP contribution in [0.2, 0.25) is 0 Å². The fraction of sp³-hybridized carbons (Fsp3) is 0.500. The quantitative estimate of drug-likeness (QED) is 0.591. The van der Waals surface area contributed by atoms with Gasteiger partial charge in [0.05, 0.1) is 12.8 Å². The Kier molecular flexibility index (Phi) is 4.90. The van der Waals surface area contributed by atoms with Crippen molar-refractivity contribution in [3.8, 4) is 0 Å². The van der Waals surface area contributed by atoms with E-state index in [-0.39, 0.29) is 5.97 Å². The van der Waals surface area contributed by atoms with Crippen molar-refractivity contribution in [2.45, 2.75) is 20.4 Å². The molecule has 1 heterocycles. The number of ether oxygens (including phenoxy) is 1. The van der Waals surface area contributed by atoms with Crippen LogP contribution in [-0.4, -0.2) is 28.9 Å². The highest BCUT2D eigenvalue weighted by Gasteiger charge is 2.08. The number of nitrogens with zero attached hydrogens (tertiary/aromatic N) is 2. The van der Waals surface area contributed by atoms with Gasteiger partial charge in [-0.1, -0.05) is 6.58 Å². The number of aromatic nitrogens is 2. The average Bonchev–Trinajstić information content (AvgIpc) is 2.61. The van der Waals surface area contributed by atoms with Crippen LogP contribution in [0.15, 0.2) is 18.3 Å². The number of carbonyl (C=O) groups excluding carboxylic acids is 1. The maximum Gasteiger partial charge on any atom is 0.334 e. The SMILES string of the molecule is C=C(CNCc1cnn(C)c1C)C(=O)OCC. The minimum atomic E-state index is -0.345. The third-order valence-electron chi connectivity index (χ3n) is 2.55. The van der Waals surface area contributed by atoms with Crippen molar-refractivity contribution in [1.82, 2.24) is 15.1 Å². The highest BCUT2D eigenvalue weighted by atomic mass is 16.5. The molecule has 1 aromatic heterocycles. The van der Waals surface area contributed by atoms with E-state index in [4.69, 9.17) is 4.74 Å². The van der Waals surface area contributed by atoms with E-state index < -0.39 is 0 Å². The van der Waals surface area contributed by atoms with Crippen molar-refractivity contribution >= 4 is 5.97 Å². The molecule has 0 bridgehead atoms. The second-order valence-electron chi connectivity index (χ2n) is 3.81. The molecule has 0 fully saturated rings. The van der Waals surface area contributed by atoms with Crippen LogP contribution in [0.5, 0.6) is 0 Å². The Labute approximate surface area is 101 Å². The molecule has 0 aromatic carbocycles. The van der Waals surface area contributed by atoms with Crippen LogP contribution < -0.4 is 5.32 Å². The predicted octanol–water partition coefficient (Wildman–Crippen LogP) is 0.937. The highest BCUT2D eigenvalue weighted by molar-refractivity contribution is 5.88. The van der Waals surface area contributed by atoms with Gasteiger partial charge in [0.25, 0.3) is 0 Å². The lowest BCUT2D eigenvalue weighted by Crippen LogP contribution is -2.21. The molecule has 17 heavy (non-hydrogen) atoms. The van der Waals surface area contributed by atoms with Crippen LogP contribution in [0.25, 0.3) is 0 Å². The van der Waals surface area contributed by atoms with E-state index in [0.717, 1.165) is 11.3 Å². The zero-order chi connectivity index (χ0) is 12.8. The largest absolute Gasteiger partial charge is 0.463 e. The summed E-state index contributed by atoms with van der Waals surface area (Å²) in [6, 6.07) is 0. The third kappa shape index (κ3) is 3.71. The van der Waals surface area contributed by atoms with Crippen molar-refractivity contribution in [2.75, 3.05) is 13.2 Å². The van der Waals surface area contributed by atoms with E-state index in [1.54, 1.807) is 6.92 Å². The lowest BCUT2D eigenvalue weighted by Gasteiger charge is -2.06. The van der Waals surface area contributed by atoms with Crippen LogP contribution >= 0.6 is 0 Å². The Balaban J connectivity index is 2.35. The van der Waals surface area contributed by atoms with Crippen LogP contribution in [0.1, 0.15) is 18.2 Å². The van der Waals surface area contributed by atoms with Gasteiger partial charge in [-0.3, -0.25) is 4.68 Å². The van der Waals surface area contributed by atoms with E-state index in [1.807, 2.05) is 24.9 Å². The van der Waals surface area contributed by atoms with Gasteiger partial charge in [0.2, 0.25) is 0 Å². The van der Waals surface area contributed by atoms with Gasteiger partial charge in [-0.25, -0.2) is 4.79 Å². The monoisotopic (exact) mass is 237 g/mol. The predicted molar refractivity (Wildman–Crippen MR) is 65.4 cm³/mol. The number of hydrogen-bond donors (Lipinski definition) is 1. The molecule has 0 atom stereocenters. The number of aryl methyl sites for hydroxylation is 1. The topological polar surface area (TPSA) is 56.2 Å². The molecular formula is C12H19N3O2. The Morgan fingerprint density at radius 3 is 2.88 bits per heavy atom. The first kappa shape index (κ1) is 13.4. The first-order valence-corrected chi connectivity index (χ1v) is 5.59. The van der Waals surface area contributed by atoms with E-state index in [0.29, 0.717) is 25.3 Å². The van der Waals surface area contributed by atoms with Crippen molar-refractivity contribution in [3.05, 3.63) is 29.6 Å². The van der Waals surface area contributed by atoms with Crippen molar-refractivity contribution in [1.29, 1.82) is 0 Å². The molecule has 0 unspecified atom stereocenters. The molecule has 5 heteroatoms. The molecule has 1 rings (SSSR count). The molecule has 5 nitrogen and oxygen atoms in total. The van der Waals surface area contributed by atoms with Crippen molar-refractivity contribution < 1.29 is 9.53 Å². The van der Waals surface area contributed by atoms with Gasteiger partial charge < -0.3 is 10.1 Å². The minimum absolute atomic E-state index is 0.345. The summed E-state index contributed by atoms with van der Waals surface area (Å²) in [4.78, 5) is 11.3. The van der Waals surface area contributed by atoms with Gasteiger partial charge in [0, 0.05) is 37.0 Å². The summed E-state index contributed by atoms with van der Waals surface area (Å²) in [5.74, 6) is -0.345. The maximum absolute atomic E-state index is 11.3. The van der Waals surface area contributed by atoms with Gasteiger partial charge in [0.15, 0.2) is 0 Å².